The molecule has 2 aliphatic heterocycles. The Kier molecular flexibility index (Phi) is 6.86. The van der Waals surface area contributed by atoms with Gasteiger partial charge in [0.15, 0.2) is 29.0 Å². The van der Waals surface area contributed by atoms with E-state index in [-0.39, 0.29) is 24.9 Å². The summed E-state index contributed by atoms with van der Waals surface area (Å²) >= 11 is 0. The number of aliphatic hydroxyl groups is 1. The van der Waals surface area contributed by atoms with Crippen LogP contribution >= 0.6 is 0 Å². The van der Waals surface area contributed by atoms with Gasteiger partial charge in [-0.25, -0.2) is 13.2 Å². The highest BCUT2D eigenvalue weighted by molar-refractivity contribution is 5.50. The fourth-order valence-corrected chi connectivity index (χ4v) is 4.80. The Balaban J connectivity index is 1.60. The summed E-state index contributed by atoms with van der Waals surface area (Å²) < 4.78 is 51.7. The molecule has 2 aromatic rings. The van der Waals surface area contributed by atoms with Crippen LogP contribution in [0.5, 0.6) is 11.5 Å². The van der Waals surface area contributed by atoms with E-state index in [1.807, 2.05) is 12.1 Å². The molecule has 0 amide bonds. The Hall–Kier alpha value is -2.71. The maximum absolute atomic E-state index is 13.5. The number of halogens is 3. The van der Waals surface area contributed by atoms with Crippen molar-refractivity contribution in [3.63, 3.8) is 0 Å². The number of nitrogens with one attached hydrogen (secondary N) is 1. The first-order valence-electron chi connectivity index (χ1n) is 11.1. The first-order chi connectivity index (χ1) is 15.8. The van der Waals surface area contributed by atoms with Crippen LogP contribution in [0.25, 0.3) is 0 Å². The number of hydrogen-bond donors (Lipinski definition) is 2. The van der Waals surface area contributed by atoms with Crippen molar-refractivity contribution in [2.24, 2.45) is 5.92 Å². The molecule has 2 aromatic carbocycles. The Labute approximate surface area is 191 Å². The minimum Gasteiger partial charge on any atom is -0.493 e. The van der Waals surface area contributed by atoms with E-state index in [1.165, 1.54) is 11.1 Å². The van der Waals surface area contributed by atoms with Gasteiger partial charge in [0.2, 0.25) is 0 Å². The normalized spacial score (nSPS) is 18.2. The molecule has 0 fully saturated rings. The minimum atomic E-state index is -1.49. The van der Waals surface area contributed by atoms with E-state index >= 15 is 0 Å². The highest BCUT2D eigenvalue weighted by Gasteiger charge is 2.34. The summed E-state index contributed by atoms with van der Waals surface area (Å²) in [5, 5.41) is 12.5. The molecule has 0 aromatic heterocycles. The molecule has 178 valence electrons. The molecule has 2 N–H and O–H groups in total. The van der Waals surface area contributed by atoms with Gasteiger partial charge >= 0.3 is 0 Å². The standard InChI is InChI=1S/C25H29F3N2O3/c1-14(2)17-9-22-18-10-23(32-3)24(33-12-15-6-19(26)25(28)20(27)7-15)8-16(18)4-5-30(22)11-21(17)29-13-31/h6-8,10,14,22,29,31H,4-5,9,11-13H2,1-3H3. The van der Waals surface area contributed by atoms with Crippen molar-refractivity contribution in [2.75, 3.05) is 26.9 Å². The fraction of sp³-hybridized carbons (Fsp3) is 0.440. The van der Waals surface area contributed by atoms with Gasteiger partial charge in [0, 0.05) is 24.8 Å². The number of nitrogens with zero attached hydrogens (tertiary/aromatic N) is 1. The molecule has 5 nitrogen and oxygen atoms in total. The Bertz CT molecular complexity index is 1050. The van der Waals surface area contributed by atoms with Gasteiger partial charge in [0.05, 0.1) is 7.11 Å². The van der Waals surface area contributed by atoms with Crippen LogP contribution in [0.1, 0.15) is 43.0 Å². The van der Waals surface area contributed by atoms with Crippen LogP contribution in [0.15, 0.2) is 35.5 Å². The Morgan fingerprint density at radius 3 is 2.48 bits per heavy atom. The highest BCUT2D eigenvalue weighted by atomic mass is 19.2. The zero-order chi connectivity index (χ0) is 23.7. The molecule has 0 saturated carbocycles. The van der Waals surface area contributed by atoms with E-state index in [0.717, 1.165) is 49.3 Å². The molecule has 0 saturated heterocycles. The minimum absolute atomic E-state index is 0.0863. The van der Waals surface area contributed by atoms with Crippen molar-refractivity contribution in [1.82, 2.24) is 10.2 Å². The largest absolute Gasteiger partial charge is 0.493 e. The van der Waals surface area contributed by atoms with Crippen molar-refractivity contribution < 1.29 is 27.8 Å². The van der Waals surface area contributed by atoms with Crippen LogP contribution < -0.4 is 14.8 Å². The van der Waals surface area contributed by atoms with E-state index in [0.29, 0.717) is 17.4 Å². The zero-order valence-electron chi connectivity index (χ0n) is 19.1. The first-order valence-corrected chi connectivity index (χ1v) is 11.1. The van der Waals surface area contributed by atoms with Gasteiger partial charge in [-0.1, -0.05) is 13.8 Å². The number of rotatable bonds is 7. The summed E-state index contributed by atoms with van der Waals surface area (Å²) in [6, 6.07) is 5.97. The lowest BCUT2D eigenvalue weighted by molar-refractivity contribution is 0.169. The van der Waals surface area contributed by atoms with Crippen molar-refractivity contribution in [1.29, 1.82) is 0 Å². The maximum atomic E-state index is 13.5. The number of hydrogen-bond acceptors (Lipinski definition) is 5. The fourth-order valence-electron chi connectivity index (χ4n) is 4.80. The highest BCUT2D eigenvalue weighted by Crippen LogP contribution is 2.44. The van der Waals surface area contributed by atoms with E-state index in [9.17, 15) is 18.3 Å². The SMILES string of the molecule is COc1cc2c(cc1OCc1cc(F)c(F)c(F)c1)CCN1CC(NCO)=C(C(C)C)CC21. The first kappa shape index (κ1) is 23.4. The lowest BCUT2D eigenvalue weighted by Crippen LogP contribution is -2.43. The van der Waals surface area contributed by atoms with Crippen LogP contribution in [0.2, 0.25) is 0 Å². The number of fused-ring (bicyclic) bond motifs is 3. The third-order valence-electron chi connectivity index (χ3n) is 6.48. The lowest BCUT2D eigenvalue weighted by Gasteiger charge is -2.43. The third kappa shape index (κ3) is 4.68. The average Bonchev–Trinajstić information content (AvgIpc) is 2.79. The second-order valence-corrected chi connectivity index (χ2v) is 8.80. The topological polar surface area (TPSA) is 54.0 Å². The second kappa shape index (κ2) is 9.65. The van der Waals surface area contributed by atoms with E-state index in [2.05, 4.69) is 24.1 Å². The molecule has 0 bridgehead atoms. The van der Waals surface area contributed by atoms with Crippen molar-refractivity contribution in [2.45, 2.75) is 39.3 Å². The van der Waals surface area contributed by atoms with Gasteiger partial charge in [-0.3, -0.25) is 4.90 Å². The summed E-state index contributed by atoms with van der Waals surface area (Å²) in [5.41, 5.74) is 4.91. The number of ether oxygens (including phenoxy) is 2. The van der Waals surface area contributed by atoms with Crippen LogP contribution in [0.3, 0.4) is 0 Å². The number of aliphatic hydroxyl groups excluding tert-OH is 1. The van der Waals surface area contributed by atoms with Gasteiger partial charge in [-0.2, -0.15) is 0 Å². The van der Waals surface area contributed by atoms with Crippen molar-refractivity contribution >= 4 is 0 Å². The molecule has 0 aliphatic carbocycles. The monoisotopic (exact) mass is 462 g/mol. The van der Waals surface area contributed by atoms with Gasteiger partial charge in [0.1, 0.15) is 13.3 Å². The zero-order valence-corrected chi connectivity index (χ0v) is 19.1. The predicted molar refractivity (Wildman–Crippen MR) is 118 cm³/mol. The smallest absolute Gasteiger partial charge is 0.194 e. The molecule has 0 radical (unpaired) electrons. The second-order valence-electron chi connectivity index (χ2n) is 8.80. The summed E-state index contributed by atoms with van der Waals surface area (Å²) in [4.78, 5) is 2.40. The summed E-state index contributed by atoms with van der Waals surface area (Å²) in [6.07, 6.45) is 1.67. The van der Waals surface area contributed by atoms with E-state index < -0.39 is 17.5 Å². The Morgan fingerprint density at radius 2 is 1.85 bits per heavy atom. The maximum Gasteiger partial charge on any atom is 0.194 e. The third-order valence-corrected chi connectivity index (χ3v) is 6.48. The molecular formula is C25H29F3N2O3. The van der Waals surface area contributed by atoms with Gasteiger partial charge in [0.25, 0.3) is 0 Å². The van der Waals surface area contributed by atoms with Crippen LogP contribution in [0, 0.1) is 23.4 Å². The van der Waals surface area contributed by atoms with Gasteiger partial charge in [-0.15, -0.1) is 0 Å². The summed E-state index contributed by atoms with van der Waals surface area (Å²) in [6.45, 7) is 5.73. The van der Waals surface area contributed by atoms with Crippen LogP contribution in [-0.2, 0) is 13.0 Å². The van der Waals surface area contributed by atoms with E-state index in [1.54, 1.807) is 7.11 Å². The molecule has 8 heteroatoms. The molecule has 1 atom stereocenters. The van der Waals surface area contributed by atoms with Crippen LogP contribution in [-0.4, -0.2) is 36.9 Å². The predicted octanol–water partition coefficient (Wildman–Crippen LogP) is 4.44. The summed E-state index contributed by atoms with van der Waals surface area (Å²) in [7, 11) is 1.55. The molecular weight excluding hydrogens is 433 g/mol. The molecule has 0 spiro atoms. The van der Waals surface area contributed by atoms with Crippen LogP contribution in [0.4, 0.5) is 13.2 Å². The van der Waals surface area contributed by atoms with E-state index in [4.69, 9.17) is 9.47 Å². The summed E-state index contributed by atoms with van der Waals surface area (Å²) in [5.74, 6) is -2.61. The van der Waals surface area contributed by atoms with Gasteiger partial charge in [-0.05, 0) is 65.3 Å². The lowest BCUT2D eigenvalue weighted by atomic mass is 9.82. The quantitative estimate of drug-likeness (QED) is 0.471. The van der Waals surface area contributed by atoms with Crippen molar-refractivity contribution in [3.8, 4) is 11.5 Å². The molecule has 4 rings (SSSR count). The van der Waals surface area contributed by atoms with Gasteiger partial charge < -0.3 is 19.9 Å². The number of benzene rings is 2. The molecule has 33 heavy (non-hydrogen) atoms. The Morgan fingerprint density at radius 1 is 1.12 bits per heavy atom. The number of methoxy groups -OCH3 is 1. The molecule has 1 unspecified atom stereocenters. The average molecular weight is 463 g/mol. The molecule has 2 heterocycles. The van der Waals surface area contributed by atoms with Crippen molar-refractivity contribution in [3.05, 3.63) is 69.7 Å². The molecule has 2 aliphatic rings.